The molecule has 1 aliphatic rings. The standard InChI is InChI=1S/C26H25FN8/c1-32-17-22(15-30-32)21-4-7-24-25(16-31-35(24)18-21)33-8-10-34(11-9-33)26-28-13-20(14-29-26)12-19-2-5-23(27)6-3-19/h2-7,13-18H,8-12H2,1H3. The first-order valence-corrected chi connectivity index (χ1v) is 11.6. The van der Waals surface area contributed by atoms with Gasteiger partial charge in [-0.1, -0.05) is 18.2 Å². The average Bonchev–Trinajstić information content (AvgIpc) is 3.52. The molecule has 4 aromatic heterocycles. The lowest BCUT2D eigenvalue weighted by Crippen LogP contribution is -2.47. The van der Waals surface area contributed by atoms with Crippen LogP contribution >= 0.6 is 0 Å². The number of fused-ring (bicyclic) bond motifs is 1. The Labute approximate surface area is 202 Å². The first-order chi connectivity index (χ1) is 17.1. The lowest BCUT2D eigenvalue weighted by Gasteiger charge is -2.35. The Bertz CT molecular complexity index is 1450. The fraction of sp³-hybridized carbons (Fsp3) is 0.231. The Morgan fingerprint density at radius 3 is 2.20 bits per heavy atom. The number of benzene rings is 1. The molecule has 0 aliphatic carbocycles. The molecular formula is C26H25FN8. The predicted octanol–water partition coefficient (Wildman–Crippen LogP) is 3.58. The predicted molar refractivity (Wildman–Crippen MR) is 133 cm³/mol. The molecule has 6 rings (SSSR count). The molecule has 5 heterocycles. The highest BCUT2D eigenvalue weighted by molar-refractivity contribution is 5.75. The molecule has 0 saturated carbocycles. The minimum Gasteiger partial charge on any atom is -0.365 e. The van der Waals surface area contributed by atoms with Gasteiger partial charge in [0.2, 0.25) is 5.95 Å². The lowest BCUT2D eigenvalue weighted by atomic mass is 10.1. The van der Waals surface area contributed by atoms with Crippen molar-refractivity contribution in [1.82, 2.24) is 29.4 Å². The third-order valence-corrected chi connectivity index (χ3v) is 6.45. The fourth-order valence-electron chi connectivity index (χ4n) is 4.54. The Hall–Kier alpha value is -4.27. The summed E-state index contributed by atoms with van der Waals surface area (Å²) in [6.45, 7) is 3.41. The van der Waals surface area contributed by atoms with Crippen molar-refractivity contribution in [3.63, 3.8) is 0 Å². The van der Waals surface area contributed by atoms with Crippen LogP contribution in [0.25, 0.3) is 16.6 Å². The van der Waals surface area contributed by atoms with E-state index in [4.69, 9.17) is 0 Å². The SMILES string of the molecule is Cn1cc(-c2ccc3c(N4CCN(c5ncc(Cc6ccc(F)cc6)cn5)CC4)cnn3c2)cn1. The molecule has 1 fully saturated rings. The molecule has 0 atom stereocenters. The van der Waals surface area contributed by atoms with Gasteiger partial charge in [-0.15, -0.1) is 0 Å². The summed E-state index contributed by atoms with van der Waals surface area (Å²) in [5, 5.41) is 8.86. The summed E-state index contributed by atoms with van der Waals surface area (Å²) < 4.78 is 16.9. The maximum Gasteiger partial charge on any atom is 0.225 e. The van der Waals surface area contributed by atoms with E-state index in [1.165, 1.54) is 12.1 Å². The van der Waals surface area contributed by atoms with Crippen LogP contribution in [0.2, 0.25) is 0 Å². The lowest BCUT2D eigenvalue weighted by molar-refractivity contribution is 0.627. The Kier molecular flexibility index (Phi) is 5.36. The zero-order valence-corrected chi connectivity index (χ0v) is 19.4. The fourth-order valence-corrected chi connectivity index (χ4v) is 4.54. The molecule has 8 nitrogen and oxygen atoms in total. The van der Waals surface area contributed by atoms with E-state index in [-0.39, 0.29) is 5.82 Å². The largest absolute Gasteiger partial charge is 0.365 e. The molecule has 35 heavy (non-hydrogen) atoms. The number of nitrogens with zero attached hydrogens (tertiary/aromatic N) is 8. The van der Waals surface area contributed by atoms with Crippen LogP contribution in [-0.4, -0.2) is 55.5 Å². The van der Waals surface area contributed by atoms with Gasteiger partial charge < -0.3 is 9.80 Å². The normalized spacial score (nSPS) is 14.1. The first kappa shape index (κ1) is 21.3. The number of anilines is 2. The van der Waals surface area contributed by atoms with Crippen LogP contribution in [0.4, 0.5) is 16.0 Å². The van der Waals surface area contributed by atoms with Gasteiger partial charge in [-0.05, 0) is 29.3 Å². The minimum absolute atomic E-state index is 0.224. The highest BCUT2D eigenvalue weighted by atomic mass is 19.1. The number of pyridine rings is 1. The summed E-state index contributed by atoms with van der Waals surface area (Å²) in [6, 6.07) is 10.8. The van der Waals surface area contributed by atoms with Crippen molar-refractivity contribution in [3.8, 4) is 11.1 Å². The van der Waals surface area contributed by atoms with E-state index in [0.29, 0.717) is 6.42 Å². The number of rotatable bonds is 5. The zero-order valence-electron chi connectivity index (χ0n) is 19.4. The maximum atomic E-state index is 13.1. The molecule has 0 amide bonds. The molecule has 0 bridgehead atoms. The van der Waals surface area contributed by atoms with E-state index < -0.39 is 0 Å². The molecule has 1 aromatic carbocycles. The molecule has 0 radical (unpaired) electrons. The van der Waals surface area contributed by atoms with Gasteiger partial charge in [0, 0.05) is 75.6 Å². The molecule has 1 saturated heterocycles. The smallest absolute Gasteiger partial charge is 0.225 e. The molecule has 0 spiro atoms. The van der Waals surface area contributed by atoms with Gasteiger partial charge in [-0.2, -0.15) is 10.2 Å². The van der Waals surface area contributed by atoms with Crippen LogP contribution in [-0.2, 0) is 13.5 Å². The Morgan fingerprint density at radius 2 is 1.49 bits per heavy atom. The third-order valence-electron chi connectivity index (χ3n) is 6.45. The zero-order chi connectivity index (χ0) is 23.8. The number of aromatic nitrogens is 6. The van der Waals surface area contributed by atoms with E-state index in [1.807, 2.05) is 48.7 Å². The molecule has 0 unspecified atom stereocenters. The molecular weight excluding hydrogens is 443 g/mol. The number of hydrogen-bond acceptors (Lipinski definition) is 6. The monoisotopic (exact) mass is 468 g/mol. The van der Waals surface area contributed by atoms with E-state index in [0.717, 1.165) is 65.6 Å². The number of halogens is 1. The summed E-state index contributed by atoms with van der Waals surface area (Å²) in [5.41, 5.74) is 6.44. The second-order valence-electron chi connectivity index (χ2n) is 8.85. The number of aryl methyl sites for hydroxylation is 1. The van der Waals surface area contributed by atoms with E-state index in [1.54, 1.807) is 16.8 Å². The van der Waals surface area contributed by atoms with Crippen LogP contribution in [0.1, 0.15) is 11.1 Å². The minimum atomic E-state index is -0.224. The molecule has 0 N–H and O–H groups in total. The van der Waals surface area contributed by atoms with Gasteiger partial charge in [-0.25, -0.2) is 18.9 Å². The summed E-state index contributed by atoms with van der Waals surface area (Å²) in [6.07, 6.45) is 12.3. The van der Waals surface area contributed by atoms with Crippen molar-refractivity contribution >= 4 is 17.2 Å². The highest BCUT2D eigenvalue weighted by Crippen LogP contribution is 2.27. The quantitative estimate of drug-likeness (QED) is 0.393. The average molecular weight is 469 g/mol. The van der Waals surface area contributed by atoms with Crippen LogP contribution in [0.3, 0.4) is 0 Å². The Morgan fingerprint density at radius 1 is 0.743 bits per heavy atom. The van der Waals surface area contributed by atoms with E-state index in [2.05, 4.69) is 42.1 Å². The number of piperazine rings is 1. The van der Waals surface area contributed by atoms with Gasteiger partial charge in [-0.3, -0.25) is 4.68 Å². The summed E-state index contributed by atoms with van der Waals surface area (Å²) >= 11 is 0. The van der Waals surface area contributed by atoms with E-state index in [9.17, 15) is 4.39 Å². The van der Waals surface area contributed by atoms with Crippen molar-refractivity contribution in [2.75, 3.05) is 36.0 Å². The van der Waals surface area contributed by atoms with E-state index >= 15 is 0 Å². The number of hydrogen-bond donors (Lipinski definition) is 0. The van der Waals surface area contributed by atoms with Gasteiger partial charge in [0.25, 0.3) is 0 Å². The Balaban J connectivity index is 1.11. The van der Waals surface area contributed by atoms with Crippen molar-refractivity contribution in [2.24, 2.45) is 7.05 Å². The summed E-state index contributed by atoms with van der Waals surface area (Å²) in [4.78, 5) is 13.8. The van der Waals surface area contributed by atoms with Gasteiger partial charge in [0.15, 0.2) is 0 Å². The van der Waals surface area contributed by atoms with Crippen molar-refractivity contribution in [2.45, 2.75) is 6.42 Å². The van der Waals surface area contributed by atoms with Crippen molar-refractivity contribution in [3.05, 3.63) is 90.5 Å². The second kappa shape index (κ2) is 8.83. The summed E-state index contributed by atoms with van der Waals surface area (Å²) in [7, 11) is 1.92. The molecule has 5 aromatic rings. The second-order valence-corrected chi connectivity index (χ2v) is 8.85. The maximum absolute atomic E-state index is 13.1. The molecule has 9 heteroatoms. The highest BCUT2D eigenvalue weighted by Gasteiger charge is 2.21. The molecule has 1 aliphatic heterocycles. The van der Waals surface area contributed by atoms with Crippen molar-refractivity contribution < 1.29 is 4.39 Å². The van der Waals surface area contributed by atoms with Crippen LogP contribution < -0.4 is 9.80 Å². The first-order valence-electron chi connectivity index (χ1n) is 11.6. The molecule has 176 valence electrons. The van der Waals surface area contributed by atoms with Gasteiger partial charge >= 0.3 is 0 Å². The van der Waals surface area contributed by atoms with Crippen LogP contribution in [0.5, 0.6) is 0 Å². The van der Waals surface area contributed by atoms with Gasteiger partial charge in [0.05, 0.1) is 23.6 Å². The van der Waals surface area contributed by atoms with Gasteiger partial charge in [0.1, 0.15) is 5.82 Å². The topological polar surface area (TPSA) is 67.4 Å². The van der Waals surface area contributed by atoms with Crippen LogP contribution in [0.15, 0.2) is 73.6 Å². The third kappa shape index (κ3) is 4.32. The van der Waals surface area contributed by atoms with Crippen molar-refractivity contribution in [1.29, 1.82) is 0 Å². The van der Waals surface area contributed by atoms with Crippen LogP contribution in [0, 0.1) is 5.82 Å². The summed E-state index contributed by atoms with van der Waals surface area (Å²) in [5.74, 6) is 0.520.